The predicted molar refractivity (Wildman–Crippen MR) is 89.2 cm³/mol. The third-order valence-electron chi connectivity index (χ3n) is 4.54. The van der Waals surface area contributed by atoms with E-state index in [1.807, 2.05) is 41.5 Å². The minimum Gasteiger partial charge on any atom is -0.293 e. The molecule has 24 heavy (non-hydrogen) atoms. The maximum absolute atomic E-state index is 13.4. The second kappa shape index (κ2) is 6.57. The molecule has 1 fully saturated rings. The van der Waals surface area contributed by atoms with Crippen molar-refractivity contribution < 1.29 is 4.39 Å². The van der Waals surface area contributed by atoms with E-state index >= 15 is 0 Å². The van der Waals surface area contributed by atoms with Crippen LogP contribution >= 0.6 is 0 Å². The number of nitrogens with zero attached hydrogens (tertiary/aromatic N) is 5. The minimum atomic E-state index is -0.247. The van der Waals surface area contributed by atoms with Crippen molar-refractivity contribution in [3.8, 4) is 5.69 Å². The Balaban J connectivity index is 1.45. The van der Waals surface area contributed by atoms with Crippen molar-refractivity contribution in [2.45, 2.75) is 32.0 Å². The molecule has 3 aromatic rings. The quantitative estimate of drug-likeness (QED) is 0.724. The Morgan fingerprint density at radius 3 is 2.96 bits per heavy atom. The van der Waals surface area contributed by atoms with Crippen LogP contribution in [0, 0.1) is 5.82 Å². The fourth-order valence-electron chi connectivity index (χ4n) is 3.35. The summed E-state index contributed by atoms with van der Waals surface area (Å²) in [5.41, 5.74) is 1.75. The highest BCUT2D eigenvalue weighted by Gasteiger charge is 2.25. The van der Waals surface area contributed by atoms with E-state index in [-0.39, 0.29) is 5.82 Å². The summed E-state index contributed by atoms with van der Waals surface area (Å²) in [5.74, 6) is -0.247. The summed E-state index contributed by atoms with van der Waals surface area (Å²) in [5, 5.41) is 8.91. The first-order valence-electron chi connectivity index (χ1n) is 8.30. The molecular formula is C18H20FN5. The number of likely N-dealkylation sites (tertiary alicyclic amines) is 1. The third kappa shape index (κ3) is 3.23. The van der Waals surface area contributed by atoms with Gasteiger partial charge in [-0.25, -0.2) is 9.07 Å². The van der Waals surface area contributed by atoms with Crippen molar-refractivity contribution in [1.82, 2.24) is 24.5 Å². The van der Waals surface area contributed by atoms with Crippen molar-refractivity contribution >= 4 is 0 Å². The first-order chi connectivity index (χ1) is 11.8. The average Bonchev–Trinajstić information content (AvgIpc) is 3.32. The van der Waals surface area contributed by atoms with Gasteiger partial charge in [0.25, 0.3) is 0 Å². The van der Waals surface area contributed by atoms with E-state index in [0.29, 0.717) is 6.04 Å². The molecule has 6 heteroatoms. The molecule has 0 spiro atoms. The van der Waals surface area contributed by atoms with E-state index in [9.17, 15) is 4.39 Å². The molecule has 4 rings (SSSR count). The van der Waals surface area contributed by atoms with Gasteiger partial charge in [0.05, 0.1) is 17.9 Å². The lowest BCUT2D eigenvalue weighted by Crippen LogP contribution is -2.32. The van der Waals surface area contributed by atoms with E-state index in [1.54, 1.807) is 10.7 Å². The van der Waals surface area contributed by atoms with Crippen LogP contribution in [0.4, 0.5) is 4.39 Å². The molecule has 1 saturated heterocycles. The summed E-state index contributed by atoms with van der Waals surface area (Å²) >= 11 is 0. The van der Waals surface area contributed by atoms with Crippen LogP contribution in [0.3, 0.4) is 0 Å². The summed E-state index contributed by atoms with van der Waals surface area (Å²) in [6.07, 6.45) is 8.11. The van der Waals surface area contributed by atoms with Crippen LogP contribution in [0.1, 0.15) is 18.5 Å². The Bertz CT molecular complexity index is 795. The topological polar surface area (TPSA) is 38.9 Å². The molecule has 2 aromatic heterocycles. The summed E-state index contributed by atoms with van der Waals surface area (Å²) in [6.45, 7) is 2.81. The molecule has 0 radical (unpaired) electrons. The van der Waals surface area contributed by atoms with Crippen LogP contribution in [-0.2, 0) is 13.1 Å². The fraction of sp³-hybridized carbons (Fsp3) is 0.333. The van der Waals surface area contributed by atoms with Crippen molar-refractivity contribution in [3.63, 3.8) is 0 Å². The van der Waals surface area contributed by atoms with Gasteiger partial charge in [0.15, 0.2) is 0 Å². The van der Waals surface area contributed by atoms with E-state index in [2.05, 4.69) is 15.1 Å². The zero-order valence-corrected chi connectivity index (χ0v) is 13.4. The van der Waals surface area contributed by atoms with Crippen molar-refractivity contribution in [2.75, 3.05) is 6.54 Å². The van der Waals surface area contributed by atoms with Gasteiger partial charge in [-0.1, -0.05) is 6.07 Å². The Hall–Kier alpha value is -2.47. The number of hydrogen-bond donors (Lipinski definition) is 0. The van der Waals surface area contributed by atoms with Gasteiger partial charge in [-0.2, -0.15) is 10.2 Å². The summed E-state index contributed by atoms with van der Waals surface area (Å²) in [6, 6.07) is 11.0. The predicted octanol–water partition coefficient (Wildman–Crippen LogP) is 2.87. The first kappa shape index (κ1) is 15.1. The normalized spacial score (nSPS) is 18.3. The van der Waals surface area contributed by atoms with Gasteiger partial charge < -0.3 is 0 Å². The molecule has 5 nitrogen and oxygen atoms in total. The standard InChI is InChI=1S/C18H20FN5/c19-15-4-1-5-17(12-15)24-11-7-16(21-24)13-22-9-2-6-18(22)14-23-10-3-8-20-23/h1,3-5,7-8,10-12,18H,2,6,9,13-14H2. The minimum absolute atomic E-state index is 0.247. The highest BCUT2D eigenvalue weighted by Crippen LogP contribution is 2.21. The molecular weight excluding hydrogens is 305 g/mol. The highest BCUT2D eigenvalue weighted by molar-refractivity contribution is 5.31. The van der Waals surface area contributed by atoms with Crippen LogP contribution in [-0.4, -0.2) is 37.0 Å². The Labute approximate surface area is 140 Å². The lowest BCUT2D eigenvalue weighted by Gasteiger charge is -2.23. The molecule has 0 N–H and O–H groups in total. The van der Waals surface area contributed by atoms with Gasteiger partial charge in [0.2, 0.25) is 0 Å². The van der Waals surface area contributed by atoms with Gasteiger partial charge in [-0.05, 0) is 49.7 Å². The van der Waals surface area contributed by atoms with Crippen molar-refractivity contribution in [2.24, 2.45) is 0 Å². The lowest BCUT2D eigenvalue weighted by molar-refractivity contribution is 0.216. The summed E-state index contributed by atoms with van der Waals surface area (Å²) in [7, 11) is 0. The zero-order valence-electron chi connectivity index (χ0n) is 13.4. The number of halogens is 1. The molecule has 0 amide bonds. The van der Waals surface area contributed by atoms with E-state index < -0.39 is 0 Å². The van der Waals surface area contributed by atoms with E-state index in [4.69, 9.17) is 0 Å². The van der Waals surface area contributed by atoms with E-state index in [1.165, 1.54) is 25.0 Å². The summed E-state index contributed by atoms with van der Waals surface area (Å²) in [4.78, 5) is 2.46. The van der Waals surface area contributed by atoms with Gasteiger partial charge in [0.1, 0.15) is 5.82 Å². The maximum Gasteiger partial charge on any atom is 0.125 e. The van der Waals surface area contributed by atoms with Crippen LogP contribution < -0.4 is 0 Å². The molecule has 1 aromatic carbocycles. The molecule has 0 aliphatic carbocycles. The third-order valence-corrected chi connectivity index (χ3v) is 4.54. The second-order valence-electron chi connectivity index (χ2n) is 6.23. The van der Waals surface area contributed by atoms with Crippen LogP contribution in [0.2, 0.25) is 0 Å². The molecule has 0 bridgehead atoms. The molecule has 1 aliphatic rings. The molecule has 3 heterocycles. The van der Waals surface area contributed by atoms with Crippen molar-refractivity contribution in [3.05, 3.63) is 66.5 Å². The smallest absolute Gasteiger partial charge is 0.125 e. The fourth-order valence-corrected chi connectivity index (χ4v) is 3.35. The van der Waals surface area contributed by atoms with Crippen molar-refractivity contribution in [1.29, 1.82) is 0 Å². The first-order valence-corrected chi connectivity index (χ1v) is 8.30. The molecule has 124 valence electrons. The largest absolute Gasteiger partial charge is 0.293 e. The summed E-state index contributed by atoms with van der Waals surface area (Å²) < 4.78 is 17.1. The molecule has 0 saturated carbocycles. The highest BCUT2D eigenvalue weighted by atomic mass is 19.1. The molecule has 1 unspecified atom stereocenters. The SMILES string of the molecule is Fc1cccc(-n2ccc(CN3CCCC3Cn3cccn3)n2)c1. The van der Waals surface area contributed by atoms with E-state index in [0.717, 1.165) is 31.0 Å². The van der Waals surface area contributed by atoms with Gasteiger partial charge in [-0.3, -0.25) is 9.58 Å². The molecule has 1 aliphatic heterocycles. The van der Waals surface area contributed by atoms with Gasteiger partial charge in [-0.15, -0.1) is 0 Å². The van der Waals surface area contributed by atoms with Crippen LogP contribution in [0.15, 0.2) is 55.0 Å². The Morgan fingerprint density at radius 2 is 2.12 bits per heavy atom. The maximum atomic E-state index is 13.4. The Morgan fingerprint density at radius 1 is 1.17 bits per heavy atom. The van der Waals surface area contributed by atoms with Crippen LogP contribution in [0.5, 0.6) is 0 Å². The number of rotatable bonds is 5. The van der Waals surface area contributed by atoms with Crippen LogP contribution in [0.25, 0.3) is 5.69 Å². The number of hydrogen-bond acceptors (Lipinski definition) is 3. The van der Waals surface area contributed by atoms with Gasteiger partial charge >= 0.3 is 0 Å². The zero-order chi connectivity index (χ0) is 16.4. The average molecular weight is 325 g/mol. The Kier molecular flexibility index (Phi) is 4.13. The van der Waals surface area contributed by atoms with Gasteiger partial charge in [0, 0.05) is 31.2 Å². The molecule has 1 atom stereocenters. The second-order valence-corrected chi connectivity index (χ2v) is 6.23. The number of benzene rings is 1. The lowest BCUT2D eigenvalue weighted by atomic mass is 10.2. The monoisotopic (exact) mass is 325 g/mol. The number of aromatic nitrogens is 4.